The number of aryl methyl sites for hydroxylation is 1. The fourth-order valence-corrected chi connectivity index (χ4v) is 6.46. The minimum Gasteiger partial charge on any atom is -0.391 e. The number of nitrogens with one attached hydrogen (secondary N) is 2. The number of nitrogens with zero attached hydrogens (tertiary/aromatic N) is 2. The Hall–Kier alpha value is -3.11. The smallest absolute Gasteiger partial charge is 0.246 e. The van der Waals surface area contributed by atoms with E-state index in [-0.39, 0.29) is 36.7 Å². The number of aliphatic hydroxyl groups is 1. The van der Waals surface area contributed by atoms with Crippen LogP contribution in [0, 0.1) is 12.3 Å². The van der Waals surface area contributed by atoms with Gasteiger partial charge in [-0.3, -0.25) is 14.4 Å². The first kappa shape index (κ1) is 35.4. The molecule has 10 heteroatoms. The van der Waals surface area contributed by atoms with Gasteiger partial charge in [0.05, 0.1) is 28.2 Å². The van der Waals surface area contributed by atoms with Gasteiger partial charge in [-0.25, -0.2) is 4.98 Å². The van der Waals surface area contributed by atoms with Crippen molar-refractivity contribution in [3.63, 3.8) is 0 Å². The number of likely N-dealkylation sites (tertiary alicyclic amines) is 1. The van der Waals surface area contributed by atoms with Crippen LogP contribution >= 0.6 is 11.3 Å². The van der Waals surface area contributed by atoms with E-state index in [1.54, 1.807) is 11.3 Å². The fourth-order valence-electron chi connectivity index (χ4n) is 5.65. The van der Waals surface area contributed by atoms with Crippen molar-refractivity contribution in [1.82, 2.24) is 20.5 Å². The molecule has 0 aliphatic carbocycles. The number of hydrogen-bond donors (Lipinski definition) is 3. The Kier molecular flexibility index (Phi) is 13.5. The zero-order chi connectivity index (χ0) is 32.3. The fraction of sp³-hybridized carbons (Fsp3) is 0.618. The molecule has 1 aliphatic rings. The Bertz CT molecular complexity index is 1240. The number of amides is 3. The summed E-state index contributed by atoms with van der Waals surface area (Å²) < 4.78 is 0. The highest BCUT2D eigenvalue weighted by Gasteiger charge is 2.44. The first-order valence-corrected chi connectivity index (χ1v) is 16.8. The van der Waals surface area contributed by atoms with E-state index in [2.05, 4.69) is 15.6 Å². The van der Waals surface area contributed by atoms with E-state index in [0.717, 1.165) is 72.9 Å². The second-order valence-corrected chi connectivity index (χ2v) is 13.9. The summed E-state index contributed by atoms with van der Waals surface area (Å²) in [4.78, 5) is 57.4. The molecule has 0 unspecified atom stereocenters. The summed E-state index contributed by atoms with van der Waals surface area (Å²) in [5.41, 5.74) is 4.21. The molecule has 0 spiro atoms. The third-order valence-corrected chi connectivity index (χ3v) is 9.26. The van der Waals surface area contributed by atoms with Crippen molar-refractivity contribution in [1.29, 1.82) is 0 Å². The Labute approximate surface area is 266 Å². The maximum absolute atomic E-state index is 13.8. The van der Waals surface area contributed by atoms with Crippen molar-refractivity contribution in [2.75, 3.05) is 6.54 Å². The minimum atomic E-state index is -0.827. The Morgan fingerprint density at radius 3 is 2.27 bits per heavy atom. The van der Waals surface area contributed by atoms with Crippen molar-refractivity contribution in [2.24, 2.45) is 5.41 Å². The topological polar surface area (TPSA) is 129 Å². The van der Waals surface area contributed by atoms with Gasteiger partial charge in [0.25, 0.3) is 0 Å². The summed E-state index contributed by atoms with van der Waals surface area (Å²) in [6.45, 7) is 9.59. The molecule has 3 rings (SSSR count). The molecule has 3 amide bonds. The number of β-amino-alcohol motifs (C(OH)–C–C–N with tert-alkyl or cyclic N) is 1. The Morgan fingerprint density at radius 1 is 1.05 bits per heavy atom. The second-order valence-electron chi connectivity index (χ2n) is 13.1. The summed E-state index contributed by atoms with van der Waals surface area (Å²) in [6.07, 6.45) is 8.11. The SMILES string of the molecule is Cc1ncsc1-c1ccc([C@H](C)NC(=O)[C@@H]2C[C@@H](O)CN2C(=O)[C@@H](NC(=O)CCCCCCCCCC=O)C(C)(C)C)cc1. The van der Waals surface area contributed by atoms with Crippen LogP contribution < -0.4 is 10.6 Å². The van der Waals surface area contributed by atoms with Crippen LogP contribution in [0.5, 0.6) is 0 Å². The number of thiazole rings is 1. The Morgan fingerprint density at radius 2 is 1.68 bits per heavy atom. The van der Waals surface area contributed by atoms with Crippen LogP contribution in [-0.4, -0.2) is 63.7 Å². The highest BCUT2D eigenvalue weighted by atomic mass is 32.1. The summed E-state index contributed by atoms with van der Waals surface area (Å²) in [5.74, 6) is -0.861. The Balaban J connectivity index is 1.56. The van der Waals surface area contributed by atoms with Crippen LogP contribution in [0.4, 0.5) is 0 Å². The number of aldehydes is 1. The standard InChI is InChI=1S/C34H50N4O5S/c1-23(25-15-17-26(18-16-25)30-24(2)35-22-44-30)36-32(42)28-20-27(40)21-38(28)33(43)31(34(3,4)5)37-29(41)14-12-10-8-6-7-9-11-13-19-39/h15-19,22-23,27-28,31,40H,6-14,20-21H2,1-5H3,(H,36,42)(H,37,41)/t23-,27+,28-,31+/m0/s1. The van der Waals surface area contributed by atoms with E-state index in [4.69, 9.17) is 0 Å². The lowest BCUT2D eigenvalue weighted by Crippen LogP contribution is -2.57. The van der Waals surface area contributed by atoms with Crippen molar-refractivity contribution in [2.45, 2.75) is 123 Å². The van der Waals surface area contributed by atoms with Gasteiger partial charge in [0.2, 0.25) is 17.7 Å². The van der Waals surface area contributed by atoms with E-state index >= 15 is 0 Å². The normalized spacial score (nSPS) is 18.1. The van der Waals surface area contributed by atoms with Gasteiger partial charge in [-0.2, -0.15) is 0 Å². The van der Waals surface area contributed by atoms with E-state index in [0.29, 0.717) is 12.8 Å². The zero-order valence-corrected chi connectivity index (χ0v) is 27.8. The molecule has 3 N–H and O–H groups in total. The predicted molar refractivity (Wildman–Crippen MR) is 174 cm³/mol. The molecule has 0 radical (unpaired) electrons. The van der Waals surface area contributed by atoms with Gasteiger partial charge in [0.1, 0.15) is 18.4 Å². The lowest BCUT2D eigenvalue weighted by atomic mass is 9.85. The van der Waals surface area contributed by atoms with Crippen LogP contribution in [0.15, 0.2) is 29.8 Å². The number of carbonyl (C=O) groups is 4. The first-order chi connectivity index (χ1) is 20.9. The van der Waals surface area contributed by atoms with Crippen molar-refractivity contribution in [3.8, 4) is 10.4 Å². The average Bonchev–Trinajstić information content (AvgIpc) is 3.59. The van der Waals surface area contributed by atoms with Crippen molar-refractivity contribution >= 4 is 35.3 Å². The summed E-state index contributed by atoms with van der Waals surface area (Å²) in [7, 11) is 0. The van der Waals surface area contributed by atoms with Crippen LogP contribution in [0.3, 0.4) is 0 Å². The quantitative estimate of drug-likeness (QED) is 0.167. The van der Waals surface area contributed by atoms with Gasteiger partial charge >= 0.3 is 0 Å². The number of aromatic nitrogens is 1. The van der Waals surface area contributed by atoms with E-state index < -0.39 is 23.6 Å². The molecular weight excluding hydrogens is 576 g/mol. The molecule has 4 atom stereocenters. The highest BCUT2D eigenvalue weighted by molar-refractivity contribution is 7.13. The van der Waals surface area contributed by atoms with Gasteiger partial charge in [-0.1, -0.05) is 77.1 Å². The number of benzene rings is 1. The lowest BCUT2D eigenvalue weighted by molar-refractivity contribution is -0.144. The molecule has 0 bridgehead atoms. The van der Waals surface area contributed by atoms with Crippen LogP contribution in [0.1, 0.15) is 109 Å². The van der Waals surface area contributed by atoms with Crippen molar-refractivity contribution < 1.29 is 24.3 Å². The number of unbranched alkanes of at least 4 members (excludes halogenated alkanes) is 7. The van der Waals surface area contributed by atoms with Crippen LogP contribution in [-0.2, 0) is 19.2 Å². The maximum atomic E-state index is 13.8. The van der Waals surface area contributed by atoms with E-state index in [1.807, 2.05) is 64.4 Å². The maximum Gasteiger partial charge on any atom is 0.246 e. The monoisotopic (exact) mass is 626 g/mol. The van der Waals surface area contributed by atoms with Crippen molar-refractivity contribution in [3.05, 3.63) is 41.0 Å². The summed E-state index contributed by atoms with van der Waals surface area (Å²) in [5, 5.41) is 16.5. The van der Waals surface area contributed by atoms with Gasteiger partial charge in [-0.15, -0.1) is 11.3 Å². The predicted octanol–water partition coefficient (Wildman–Crippen LogP) is 5.50. The number of hydrogen-bond acceptors (Lipinski definition) is 7. The molecule has 1 fully saturated rings. The summed E-state index contributed by atoms with van der Waals surface area (Å²) in [6, 6.07) is 6.04. The number of rotatable bonds is 16. The molecular formula is C34H50N4O5S. The minimum absolute atomic E-state index is 0.0451. The van der Waals surface area contributed by atoms with Gasteiger partial charge in [0.15, 0.2) is 0 Å². The zero-order valence-electron chi connectivity index (χ0n) is 26.9. The average molecular weight is 627 g/mol. The molecule has 2 aromatic rings. The second kappa shape index (κ2) is 16.8. The third-order valence-electron chi connectivity index (χ3n) is 8.29. The first-order valence-electron chi connectivity index (χ1n) is 15.9. The molecule has 1 aliphatic heterocycles. The molecule has 1 aromatic heterocycles. The number of aliphatic hydroxyl groups excluding tert-OH is 1. The molecule has 1 saturated heterocycles. The third kappa shape index (κ3) is 10.2. The largest absolute Gasteiger partial charge is 0.391 e. The molecule has 9 nitrogen and oxygen atoms in total. The number of carbonyl (C=O) groups excluding carboxylic acids is 4. The van der Waals surface area contributed by atoms with Gasteiger partial charge in [-0.05, 0) is 43.2 Å². The van der Waals surface area contributed by atoms with Crippen LogP contribution in [0.2, 0.25) is 0 Å². The lowest BCUT2D eigenvalue weighted by Gasteiger charge is -2.35. The summed E-state index contributed by atoms with van der Waals surface area (Å²) >= 11 is 1.59. The molecule has 0 saturated carbocycles. The van der Waals surface area contributed by atoms with Gasteiger partial charge in [0, 0.05) is 25.8 Å². The highest BCUT2D eigenvalue weighted by Crippen LogP contribution is 2.29. The van der Waals surface area contributed by atoms with E-state index in [1.165, 1.54) is 4.90 Å². The van der Waals surface area contributed by atoms with Crippen LogP contribution in [0.25, 0.3) is 10.4 Å². The molecule has 1 aromatic carbocycles. The molecule has 44 heavy (non-hydrogen) atoms. The molecule has 242 valence electrons. The van der Waals surface area contributed by atoms with E-state index in [9.17, 15) is 24.3 Å². The molecule has 2 heterocycles. The van der Waals surface area contributed by atoms with Gasteiger partial charge < -0.3 is 25.4 Å².